The first kappa shape index (κ1) is 9.67. The molecule has 1 atom stereocenters. The summed E-state index contributed by atoms with van der Waals surface area (Å²) in [6.45, 7) is 2.11. The molecule has 4 heteroatoms. The van der Waals surface area contributed by atoms with Crippen LogP contribution in [0.3, 0.4) is 0 Å². The smallest absolute Gasteiger partial charge is 0.231 e. The van der Waals surface area contributed by atoms with Crippen molar-refractivity contribution in [2.75, 3.05) is 6.54 Å². The van der Waals surface area contributed by atoms with Crippen molar-refractivity contribution in [1.29, 1.82) is 0 Å². The summed E-state index contributed by atoms with van der Waals surface area (Å²) in [5.41, 5.74) is 5.90. The first-order valence-corrected chi connectivity index (χ1v) is 4.13. The van der Waals surface area contributed by atoms with Crippen molar-refractivity contribution in [3.63, 3.8) is 0 Å². The monoisotopic (exact) mass is 179 g/mol. The minimum absolute atomic E-state index is 0.0497. The highest BCUT2D eigenvalue weighted by molar-refractivity contribution is 5.75. The van der Waals surface area contributed by atoms with Crippen LogP contribution in [-0.4, -0.2) is 17.4 Å². The van der Waals surface area contributed by atoms with Gasteiger partial charge in [0.2, 0.25) is 5.91 Å². The molecule has 0 aliphatic heterocycles. The maximum Gasteiger partial charge on any atom is 0.231 e. The molecule has 1 aromatic heterocycles. The first-order valence-electron chi connectivity index (χ1n) is 4.13. The molecule has 0 aliphatic carbocycles. The Labute approximate surface area is 77.2 Å². The molecule has 0 radical (unpaired) electrons. The molecule has 0 fully saturated rings. The fourth-order valence-electron chi connectivity index (χ4n) is 0.990. The summed E-state index contributed by atoms with van der Waals surface area (Å²) in [6.07, 6.45) is 1.72. The number of hydrogen-bond donors (Lipinski definition) is 2. The van der Waals surface area contributed by atoms with E-state index in [2.05, 4.69) is 10.3 Å². The summed E-state index contributed by atoms with van der Waals surface area (Å²) >= 11 is 0. The number of rotatable bonds is 4. The van der Waals surface area contributed by atoms with Crippen molar-refractivity contribution in [2.45, 2.75) is 13.0 Å². The molecule has 3 N–H and O–H groups in total. The molecule has 0 aromatic carbocycles. The number of nitrogens with zero attached hydrogens (tertiary/aromatic N) is 1. The molecule has 4 nitrogen and oxygen atoms in total. The van der Waals surface area contributed by atoms with E-state index in [-0.39, 0.29) is 18.5 Å². The van der Waals surface area contributed by atoms with Crippen LogP contribution in [-0.2, 0) is 4.79 Å². The number of hydrogen-bond acceptors (Lipinski definition) is 3. The van der Waals surface area contributed by atoms with Gasteiger partial charge >= 0.3 is 0 Å². The third kappa shape index (κ3) is 3.21. The molecule has 13 heavy (non-hydrogen) atoms. The van der Waals surface area contributed by atoms with Crippen LogP contribution in [0.2, 0.25) is 0 Å². The van der Waals surface area contributed by atoms with E-state index in [9.17, 15) is 4.79 Å². The molecule has 1 heterocycles. The number of carbonyl (C=O) groups excluding carboxylic acids is 1. The minimum Gasteiger partial charge on any atom is -0.369 e. The van der Waals surface area contributed by atoms with E-state index in [0.717, 1.165) is 5.69 Å². The molecule has 70 valence electrons. The van der Waals surface area contributed by atoms with Gasteiger partial charge in [0.25, 0.3) is 0 Å². The van der Waals surface area contributed by atoms with Crippen molar-refractivity contribution in [3.8, 4) is 0 Å². The van der Waals surface area contributed by atoms with Gasteiger partial charge in [0, 0.05) is 12.2 Å². The van der Waals surface area contributed by atoms with Gasteiger partial charge in [0.15, 0.2) is 0 Å². The molecule has 0 aliphatic rings. The number of nitrogens with one attached hydrogen (secondary N) is 1. The Balaban J connectivity index is 2.49. The summed E-state index contributed by atoms with van der Waals surface area (Å²) < 4.78 is 0. The third-order valence-electron chi connectivity index (χ3n) is 1.71. The van der Waals surface area contributed by atoms with Crippen molar-refractivity contribution in [1.82, 2.24) is 10.3 Å². The number of nitrogens with two attached hydrogens (primary N) is 1. The molecule has 1 aromatic rings. The topological polar surface area (TPSA) is 68.0 Å². The Hall–Kier alpha value is -1.42. The molecule has 1 rings (SSSR count). The highest BCUT2D eigenvalue weighted by Crippen LogP contribution is 2.06. The Morgan fingerprint density at radius 1 is 1.69 bits per heavy atom. The van der Waals surface area contributed by atoms with Gasteiger partial charge in [-0.3, -0.25) is 9.78 Å². The molecular weight excluding hydrogens is 166 g/mol. The van der Waals surface area contributed by atoms with Gasteiger partial charge in [-0.15, -0.1) is 0 Å². The molecule has 0 bridgehead atoms. The van der Waals surface area contributed by atoms with Gasteiger partial charge in [0.1, 0.15) is 0 Å². The van der Waals surface area contributed by atoms with Gasteiger partial charge < -0.3 is 11.1 Å². The van der Waals surface area contributed by atoms with E-state index in [0.29, 0.717) is 0 Å². The molecule has 0 saturated carbocycles. The van der Waals surface area contributed by atoms with Crippen LogP contribution >= 0.6 is 0 Å². The molecule has 0 spiro atoms. The lowest BCUT2D eigenvalue weighted by atomic mass is 10.2. The fourth-order valence-corrected chi connectivity index (χ4v) is 0.990. The van der Waals surface area contributed by atoms with E-state index >= 15 is 0 Å². The normalized spacial score (nSPS) is 12.4. The first-order chi connectivity index (χ1) is 6.20. The molecule has 0 saturated heterocycles. The zero-order valence-corrected chi connectivity index (χ0v) is 7.53. The summed E-state index contributed by atoms with van der Waals surface area (Å²) in [4.78, 5) is 14.6. The molecule has 1 unspecified atom stereocenters. The number of carbonyl (C=O) groups is 1. The Morgan fingerprint density at radius 3 is 3.00 bits per heavy atom. The van der Waals surface area contributed by atoms with E-state index in [1.807, 2.05) is 25.1 Å². The van der Waals surface area contributed by atoms with Crippen LogP contribution in [0.1, 0.15) is 18.7 Å². The quantitative estimate of drug-likeness (QED) is 0.694. The Bertz CT molecular complexity index is 273. The lowest BCUT2D eigenvalue weighted by molar-refractivity contribution is -0.117. The second-order valence-electron chi connectivity index (χ2n) is 2.82. The van der Waals surface area contributed by atoms with Crippen LogP contribution in [0, 0.1) is 0 Å². The number of amides is 1. The summed E-state index contributed by atoms with van der Waals surface area (Å²) in [5, 5.41) is 2.96. The predicted molar refractivity (Wildman–Crippen MR) is 49.8 cm³/mol. The van der Waals surface area contributed by atoms with Crippen molar-refractivity contribution in [3.05, 3.63) is 30.1 Å². The van der Waals surface area contributed by atoms with Gasteiger partial charge in [0.05, 0.1) is 12.2 Å². The van der Waals surface area contributed by atoms with E-state index in [1.54, 1.807) is 6.20 Å². The highest BCUT2D eigenvalue weighted by Gasteiger charge is 2.05. The van der Waals surface area contributed by atoms with Crippen LogP contribution < -0.4 is 11.1 Å². The summed E-state index contributed by atoms with van der Waals surface area (Å²) in [7, 11) is 0. The summed E-state index contributed by atoms with van der Waals surface area (Å²) in [5.74, 6) is -0.359. The molecular formula is C9H13N3O. The lowest BCUT2D eigenvalue weighted by Crippen LogP contribution is -2.30. The van der Waals surface area contributed by atoms with Crippen molar-refractivity contribution >= 4 is 5.91 Å². The van der Waals surface area contributed by atoms with Crippen molar-refractivity contribution < 1.29 is 4.79 Å². The maximum absolute atomic E-state index is 10.5. The largest absolute Gasteiger partial charge is 0.369 e. The van der Waals surface area contributed by atoms with Crippen LogP contribution in [0.25, 0.3) is 0 Å². The van der Waals surface area contributed by atoms with Gasteiger partial charge in [-0.1, -0.05) is 6.07 Å². The van der Waals surface area contributed by atoms with Gasteiger partial charge in [-0.2, -0.15) is 0 Å². The average molecular weight is 179 g/mol. The third-order valence-corrected chi connectivity index (χ3v) is 1.71. The van der Waals surface area contributed by atoms with E-state index < -0.39 is 0 Å². The number of primary amides is 1. The summed E-state index contributed by atoms with van der Waals surface area (Å²) in [6, 6.07) is 5.71. The van der Waals surface area contributed by atoms with Crippen LogP contribution in [0.5, 0.6) is 0 Å². The van der Waals surface area contributed by atoms with Gasteiger partial charge in [-0.25, -0.2) is 0 Å². The SMILES string of the molecule is CC(NCC(N)=O)c1ccccn1. The van der Waals surface area contributed by atoms with E-state index in [4.69, 9.17) is 5.73 Å². The number of aromatic nitrogens is 1. The minimum atomic E-state index is -0.359. The second-order valence-corrected chi connectivity index (χ2v) is 2.82. The van der Waals surface area contributed by atoms with Crippen LogP contribution in [0.4, 0.5) is 0 Å². The zero-order valence-electron chi connectivity index (χ0n) is 7.53. The maximum atomic E-state index is 10.5. The van der Waals surface area contributed by atoms with E-state index in [1.165, 1.54) is 0 Å². The predicted octanol–water partition coefficient (Wildman–Crippen LogP) is 0.217. The van der Waals surface area contributed by atoms with Crippen LogP contribution in [0.15, 0.2) is 24.4 Å². The van der Waals surface area contributed by atoms with Crippen molar-refractivity contribution in [2.24, 2.45) is 5.73 Å². The lowest BCUT2D eigenvalue weighted by Gasteiger charge is -2.10. The Morgan fingerprint density at radius 2 is 2.46 bits per heavy atom. The van der Waals surface area contributed by atoms with Gasteiger partial charge in [-0.05, 0) is 19.1 Å². The Kier molecular flexibility index (Phi) is 3.40. The average Bonchev–Trinajstić information content (AvgIpc) is 2.15. The zero-order chi connectivity index (χ0) is 9.68. The molecule has 1 amide bonds. The highest BCUT2D eigenvalue weighted by atomic mass is 16.1. The second kappa shape index (κ2) is 4.57. The number of pyridine rings is 1. The standard InChI is InChI=1S/C9H13N3O/c1-7(12-6-9(10)13)8-4-2-3-5-11-8/h2-5,7,12H,6H2,1H3,(H2,10,13). The fraction of sp³-hybridized carbons (Fsp3) is 0.333.